The lowest BCUT2D eigenvalue weighted by Crippen LogP contribution is -1.98. The average Bonchev–Trinajstić information content (AvgIpc) is 2.94. The quantitative estimate of drug-likeness (QED) is 0.730. The monoisotopic (exact) mass is 344 g/mol. The van der Waals surface area contributed by atoms with Crippen molar-refractivity contribution in [2.75, 3.05) is 0 Å². The number of furan rings is 1. The smallest absolute Gasteiger partial charge is 0.175 e. The van der Waals surface area contributed by atoms with E-state index in [-0.39, 0.29) is 0 Å². The summed E-state index contributed by atoms with van der Waals surface area (Å²) in [5.74, 6) is 1.51. The van der Waals surface area contributed by atoms with Crippen molar-refractivity contribution in [1.29, 1.82) is 0 Å². The average molecular weight is 345 g/mol. The van der Waals surface area contributed by atoms with E-state index in [4.69, 9.17) is 9.15 Å². The van der Waals surface area contributed by atoms with Crippen LogP contribution in [0.5, 0.6) is 11.5 Å². The van der Waals surface area contributed by atoms with Crippen molar-refractivity contribution in [3.8, 4) is 11.5 Å². The molecular weight excluding hydrogens is 332 g/mol. The molecule has 1 heterocycles. The summed E-state index contributed by atoms with van der Waals surface area (Å²) in [6.45, 7) is 0. The van der Waals surface area contributed by atoms with Gasteiger partial charge in [-0.1, -0.05) is 30.3 Å². The van der Waals surface area contributed by atoms with Crippen molar-refractivity contribution >= 4 is 15.9 Å². The molecule has 3 aromatic rings. The predicted molar refractivity (Wildman–Crippen MR) is 83.4 cm³/mol. The zero-order valence-electron chi connectivity index (χ0n) is 11.1. The first-order chi connectivity index (χ1) is 10.2. The summed E-state index contributed by atoms with van der Waals surface area (Å²) in [6, 6.07) is 18.6. The summed E-state index contributed by atoms with van der Waals surface area (Å²) in [6.07, 6.45) is 0.805. The number of aliphatic hydroxyl groups excluding tert-OH is 1. The zero-order valence-corrected chi connectivity index (χ0v) is 12.7. The van der Waals surface area contributed by atoms with Crippen LogP contribution in [0.3, 0.4) is 0 Å². The Morgan fingerprint density at radius 3 is 2.19 bits per heavy atom. The molecule has 0 bridgehead atoms. The molecule has 4 heteroatoms. The van der Waals surface area contributed by atoms with Crippen LogP contribution < -0.4 is 4.74 Å². The summed E-state index contributed by atoms with van der Waals surface area (Å²) in [7, 11) is 0. The molecular formula is C17H13BrO3. The molecule has 2 aromatic carbocycles. The van der Waals surface area contributed by atoms with E-state index in [1.807, 2.05) is 54.6 Å². The number of hydrogen-bond acceptors (Lipinski definition) is 3. The molecule has 1 atom stereocenters. The minimum atomic E-state index is -0.732. The van der Waals surface area contributed by atoms with Gasteiger partial charge in [-0.15, -0.1) is 0 Å². The highest BCUT2D eigenvalue weighted by atomic mass is 79.9. The summed E-state index contributed by atoms with van der Waals surface area (Å²) in [5.41, 5.74) is 1.48. The van der Waals surface area contributed by atoms with Crippen molar-refractivity contribution in [3.05, 3.63) is 82.7 Å². The molecule has 1 aromatic heterocycles. The van der Waals surface area contributed by atoms with Crippen molar-refractivity contribution < 1.29 is 14.3 Å². The Labute approximate surface area is 130 Å². The van der Waals surface area contributed by atoms with E-state index in [1.165, 1.54) is 6.26 Å². The third-order valence-corrected chi connectivity index (χ3v) is 3.76. The number of ether oxygens (including phenoxy) is 1. The number of rotatable bonds is 4. The van der Waals surface area contributed by atoms with Crippen LogP contribution in [0.15, 0.2) is 76.0 Å². The van der Waals surface area contributed by atoms with Gasteiger partial charge in [0.1, 0.15) is 17.6 Å². The molecule has 0 spiro atoms. The maximum absolute atomic E-state index is 10.3. The number of hydrogen-bond donors (Lipinski definition) is 1. The third-order valence-electron chi connectivity index (χ3n) is 3.12. The number of benzene rings is 2. The van der Waals surface area contributed by atoms with Gasteiger partial charge < -0.3 is 14.3 Å². The summed E-state index contributed by atoms with van der Waals surface area (Å²) >= 11 is 3.27. The van der Waals surface area contributed by atoms with Crippen molar-refractivity contribution in [2.45, 2.75) is 6.10 Å². The lowest BCUT2D eigenvalue weighted by molar-refractivity contribution is 0.218. The van der Waals surface area contributed by atoms with E-state index in [1.54, 1.807) is 6.07 Å². The topological polar surface area (TPSA) is 42.6 Å². The maximum atomic E-state index is 10.3. The van der Waals surface area contributed by atoms with Crippen molar-refractivity contribution in [3.63, 3.8) is 0 Å². The summed E-state index contributed by atoms with van der Waals surface area (Å²) in [4.78, 5) is 0. The third kappa shape index (κ3) is 3.17. The standard InChI is InChI=1S/C17H13BrO3/c18-17-15(10-11-20-17)16(19)12-6-8-14(9-7-12)21-13-4-2-1-3-5-13/h1-11,16,19H. The SMILES string of the molecule is OC(c1ccc(Oc2ccccc2)cc1)c1ccoc1Br. The number of halogens is 1. The van der Waals surface area contributed by atoms with Gasteiger partial charge in [0.15, 0.2) is 4.67 Å². The highest BCUT2D eigenvalue weighted by Crippen LogP contribution is 2.30. The molecule has 0 saturated heterocycles. The molecule has 0 saturated carbocycles. The molecule has 1 unspecified atom stereocenters. The Balaban J connectivity index is 1.77. The summed E-state index contributed by atoms with van der Waals surface area (Å²) in [5, 5.41) is 10.3. The highest BCUT2D eigenvalue weighted by molar-refractivity contribution is 9.10. The number of para-hydroxylation sites is 1. The van der Waals surface area contributed by atoms with Crippen molar-refractivity contribution in [1.82, 2.24) is 0 Å². The lowest BCUT2D eigenvalue weighted by atomic mass is 10.0. The summed E-state index contributed by atoms with van der Waals surface area (Å²) < 4.78 is 11.4. The van der Waals surface area contributed by atoms with Crippen LogP contribution in [0.2, 0.25) is 0 Å². The Morgan fingerprint density at radius 1 is 0.905 bits per heavy atom. The molecule has 1 N–H and O–H groups in total. The Kier molecular flexibility index (Phi) is 4.08. The Bertz CT molecular complexity index is 704. The van der Waals surface area contributed by atoms with Crippen molar-refractivity contribution in [2.24, 2.45) is 0 Å². The predicted octanol–water partition coefficient (Wildman–Crippen LogP) is 4.92. The van der Waals surface area contributed by atoms with Gasteiger partial charge in [0.05, 0.1) is 6.26 Å². The van der Waals surface area contributed by atoms with Crippen LogP contribution in [0.25, 0.3) is 0 Å². The van der Waals surface area contributed by atoms with Crippen LogP contribution in [-0.2, 0) is 0 Å². The first-order valence-corrected chi connectivity index (χ1v) is 7.27. The minimum Gasteiger partial charge on any atom is -0.457 e. The van der Waals surface area contributed by atoms with Gasteiger partial charge in [-0.3, -0.25) is 0 Å². The lowest BCUT2D eigenvalue weighted by Gasteiger charge is -2.11. The van der Waals surface area contributed by atoms with E-state index in [9.17, 15) is 5.11 Å². The highest BCUT2D eigenvalue weighted by Gasteiger charge is 2.15. The first-order valence-electron chi connectivity index (χ1n) is 6.48. The van der Waals surface area contributed by atoms with Crippen LogP contribution in [0.4, 0.5) is 0 Å². The molecule has 0 aliphatic heterocycles. The van der Waals surface area contributed by atoms with Crippen LogP contribution >= 0.6 is 15.9 Å². The normalized spacial score (nSPS) is 12.1. The molecule has 0 radical (unpaired) electrons. The van der Waals surface area contributed by atoms with Gasteiger partial charge in [0, 0.05) is 5.56 Å². The first kappa shape index (κ1) is 13.9. The van der Waals surface area contributed by atoms with E-state index >= 15 is 0 Å². The largest absolute Gasteiger partial charge is 0.457 e. The fraction of sp³-hybridized carbons (Fsp3) is 0.0588. The molecule has 3 nitrogen and oxygen atoms in total. The molecule has 21 heavy (non-hydrogen) atoms. The molecule has 0 aliphatic rings. The fourth-order valence-corrected chi connectivity index (χ4v) is 2.48. The second kappa shape index (κ2) is 6.16. The number of aliphatic hydroxyl groups is 1. The molecule has 0 amide bonds. The van der Waals surface area contributed by atoms with Gasteiger partial charge in [0.2, 0.25) is 0 Å². The molecule has 3 rings (SSSR count). The van der Waals surface area contributed by atoms with Crippen LogP contribution in [0.1, 0.15) is 17.2 Å². The van der Waals surface area contributed by atoms with Gasteiger partial charge in [-0.2, -0.15) is 0 Å². The van der Waals surface area contributed by atoms with Gasteiger partial charge in [0.25, 0.3) is 0 Å². The molecule has 106 valence electrons. The minimum absolute atomic E-state index is 0.541. The van der Waals surface area contributed by atoms with Crippen LogP contribution in [0, 0.1) is 0 Å². The Hall–Kier alpha value is -2.04. The van der Waals surface area contributed by atoms with Gasteiger partial charge in [-0.25, -0.2) is 0 Å². The zero-order chi connectivity index (χ0) is 14.7. The van der Waals surface area contributed by atoms with E-state index in [0.717, 1.165) is 17.1 Å². The molecule has 0 fully saturated rings. The fourth-order valence-electron chi connectivity index (χ4n) is 2.02. The van der Waals surface area contributed by atoms with E-state index in [2.05, 4.69) is 15.9 Å². The van der Waals surface area contributed by atoms with Gasteiger partial charge >= 0.3 is 0 Å². The second-order valence-corrected chi connectivity index (χ2v) is 5.26. The molecule has 0 aliphatic carbocycles. The van der Waals surface area contributed by atoms with E-state index < -0.39 is 6.10 Å². The van der Waals surface area contributed by atoms with Gasteiger partial charge in [-0.05, 0) is 51.8 Å². The maximum Gasteiger partial charge on any atom is 0.175 e. The Morgan fingerprint density at radius 2 is 1.57 bits per heavy atom. The van der Waals surface area contributed by atoms with Crippen LogP contribution in [-0.4, -0.2) is 5.11 Å². The van der Waals surface area contributed by atoms with E-state index in [0.29, 0.717) is 10.2 Å². The second-order valence-electron chi connectivity index (χ2n) is 4.54.